The van der Waals surface area contributed by atoms with E-state index in [0.717, 1.165) is 6.42 Å². The number of carboxylic acids is 1. The summed E-state index contributed by atoms with van der Waals surface area (Å²) in [6.07, 6.45) is 24.3. The third-order valence-corrected chi connectivity index (χ3v) is 4.17. The minimum Gasteiger partial charge on any atom is -0.481 e. The Kier molecular flexibility index (Phi) is 17.6. The summed E-state index contributed by atoms with van der Waals surface area (Å²) >= 11 is 0. The van der Waals surface area contributed by atoms with Gasteiger partial charge in [-0.25, -0.2) is 0 Å². The highest BCUT2D eigenvalue weighted by molar-refractivity contribution is 5.66. The zero-order chi connectivity index (χ0) is 16.3. The molecule has 0 bridgehead atoms. The molecule has 0 atom stereocenters. The molecule has 0 aliphatic rings. The summed E-state index contributed by atoms with van der Waals surface area (Å²) in [5, 5.41) is 8.51. The van der Waals surface area contributed by atoms with Crippen LogP contribution in [0.5, 0.6) is 0 Å². The van der Waals surface area contributed by atoms with Crippen molar-refractivity contribution in [3.8, 4) is 0 Å². The number of carboxylic acid groups (broad SMARTS) is 1. The highest BCUT2D eigenvalue weighted by Gasteiger charge is 1.94. The number of carbonyl (C=O) groups is 1. The Bertz CT molecular complexity index is 258. The van der Waals surface area contributed by atoms with Crippen LogP contribution in [-0.2, 0) is 4.79 Å². The van der Waals surface area contributed by atoms with Gasteiger partial charge in [-0.1, -0.05) is 96.1 Å². The van der Waals surface area contributed by atoms with Crippen molar-refractivity contribution in [2.75, 3.05) is 0 Å². The topological polar surface area (TPSA) is 37.3 Å². The predicted molar refractivity (Wildman–Crippen MR) is 96.3 cm³/mol. The van der Waals surface area contributed by atoms with Crippen molar-refractivity contribution in [2.45, 2.75) is 110 Å². The van der Waals surface area contributed by atoms with Gasteiger partial charge in [-0.15, -0.1) is 0 Å². The summed E-state index contributed by atoms with van der Waals surface area (Å²) in [5.41, 5.74) is 0. The largest absolute Gasteiger partial charge is 0.481 e. The Morgan fingerprint density at radius 2 is 1.09 bits per heavy atom. The van der Waals surface area contributed by atoms with E-state index in [-0.39, 0.29) is 6.42 Å². The van der Waals surface area contributed by atoms with Gasteiger partial charge < -0.3 is 5.11 Å². The molecule has 0 spiro atoms. The van der Waals surface area contributed by atoms with Crippen molar-refractivity contribution in [3.05, 3.63) is 12.2 Å². The lowest BCUT2D eigenvalue weighted by molar-refractivity contribution is -0.136. The molecule has 2 heteroatoms. The summed E-state index contributed by atoms with van der Waals surface area (Å²) < 4.78 is 0. The number of hydrogen-bond acceptors (Lipinski definition) is 1. The molecule has 0 aromatic carbocycles. The summed E-state index contributed by atoms with van der Waals surface area (Å²) in [5.74, 6) is -0.703. The van der Waals surface area contributed by atoms with Gasteiger partial charge in [-0.2, -0.15) is 0 Å². The zero-order valence-electron chi connectivity index (χ0n) is 14.8. The van der Waals surface area contributed by atoms with E-state index < -0.39 is 5.97 Å². The summed E-state index contributed by atoms with van der Waals surface area (Å²) in [7, 11) is 0. The molecular weight excluding hydrogens is 272 g/mol. The van der Waals surface area contributed by atoms with Gasteiger partial charge in [0.2, 0.25) is 0 Å². The van der Waals surface area contributed by atoms with Crippen LogP contribution in [-0.4, -0.2) is 11.1 Å². The van der Waals surface area contributed by atoms with Gasteiger partial charge in [-0.05, 0) is 19.3 Å². The maximum atomic E-state index is 10.3. The molecule has 22 heavy (non-hydrogen) atoms. The van der Waals surface area contributed by atoms with Gasteiger partial charge >= 0.3 is 5.97 Å². The maximum absolute atomic E-state index is 10.3. The Hall–Kier alpha value is -0.790. The Morgan fingerprint density at radius 1 is 0.682 bits per heavy atom. The van der Waals surface area contributed by atoms with Crippen molar-refractivity contribution < 1.29 is 9.90 Å². The average molecular weight is 311 g/mol. The number of aliphatic carboxylic acids is 1. The normalized spacial score (nSPS) is 11.3. The second-order valence-corrected chi connectivity index (χ2v) is 6.44. The zero-order valence-corrected chi connectivity index (χ0v) is 14.8. The molecule has 0 aromatic heterocycles. The average Bonchev–Trinajstić information content (AvgIpc) is 2.50. The van der Waals surface area contributed by atoms with Gasteiger partial charge in [0.05, 0.1) is 0 Å². The standard InChI is InChI=1S/C20H38O2/c1-2-3-4-5-6-7-8-9-10-11-12-13-14-15-16-17-18-19-20(21)22/h16-17H,2-15,18-19H2,1H3,(H,21,22). The summed E-state index contributed by atoms with van der Waals surface area (Å²) in [4.78, 5) is 10.3. The van der Waals surface area contributed by atoms with Crippen LogP contribution in [0.3, 0.4) is 0 Å². The fourth-order valence-electron chi connectivity index (χ4n) is 2.72. The second kappa shape index (κ2) is 18.3. The van der Waals surface area contributed by atoms with E-state index in [2.05, 4.69) is 13.0 Å². The minimum absolute atomic E-state index is 0.259. The predicted octanol–water partition coefficient (Wildman–Crippen LogP) is 6.89. The Labute approximate surface area is 138 Å². The first-order valence-corrected chi connectivity index (χ1v) is 9.64. The van der Waals surface area contributed by atoms with E-state index in [4.69, 9.17) is 5.11 Å². The van der Waals surface area contributed by atoms with Gasteiger partial charge in [-0.3, -0.25) is 4.79 Å². The van der Waals surface area contributed by atoms with Gasteiger partial charge in [0.1, 0.15) is 0 Å². The van der Waals surface area contributed by atoms with Crippen LogP contribution in [0.15, 0.2) is 12.2 Å². The smallest absolute Gasteiger partial charge is 0.303 e. The number of hydrogen-bond donors (Lipinski definition) is 1. The van der Waals surface area contributed by atoms with Crippen molar-refractivity contribution in [2.24, 2.45) is 0 Å². The molecule has 0 saturated carbocycles. The van der Waals surface area contributed by atoms with E-state index in [1.54, 1.807) is 0 Å². The minimum atomic E-state index is -0.703. The molecule has 0 radical (unpaired) electrons. The van der Waals surface area contributed by atoms with Crippen molar-refractivity contribution >= 4 is 5.97 Å². The van der Waals surface area contributed by atoms with Crippen LogP contribution in [0, 0.1) is 0 Å². The van der Waals surface area contributed by atoms with Crippen LogP contribution in [0.2, 0.25) is 0 Å². The lowest BCUT2D eigenvalue weighted by atomic mass is 10.0. The van der Waals surface area contributed by atoms with Crippen molar-refractivity contribution in [1.82, 2.24) is 0 Å². The maximum Gasteiger partial charge on any atom is 0.303 e. The van der Waals surface area contributed by atoms with E-state index in [0.29, 0.717) is 6.42 Å². The molecule has 1 N–H and O–H groups in total. The van der Waals surface area contributed by atoms with Gasteiger partial charge in [0.15, 0.2) is 0 Å². The quantitative estimate of drug-likeness (QED) is 0.234. The Balaban J connectivity index is 3.04. The lowest BCUT2D eigenvalue weighted by Crippen LogP contribution is -1.91. The second-order valence-electron chi connectivity index (χ2n) is 6.44. The summed E-state index contributed by atoms with van der Waals surface area (Å²) in [6, 6.07) is 0. The van der Waals surface area contributed by atoms with Gasteiger partial charge in [0.25, 0.3) is 0 Å². The van der Waals surface area contributed by atoms with E-state index in [1.807, 2.05) is 6.08 Å². The first-order valence-electron chi connectivity index (χ1n) is 9.64. The molecule has 2 nitrogen and oxygen atoms in total. The van der Waals surface area contributed by atoms with Crippen molar-refractivity contribution in [1.29, 1.82) is 0 Å². The first-order chi connectivity index (χ1) is 10.8. The molecule has 0 saturated heterocycles. The molecule has 0 aliphatic heterocycles. The fraction of sp³-hybridized carbons (Fsp3) is 0.850. The van der Waals surface area contributed by atoms with Crippen LogP contribution in [0.1, 0.15) is 110 Å². The molecular formula is C20H38O2. The van der Waals surface area contributed by atoms with Crippen molar-refractivity contribution in [3.63, 3.8) is 0 Å². The highest BCUT2D eigenvalue weighted by Crippen LogP contribution is 2.13. The molecule has 0 amide bonds. The molecule has 0 heterocycles. The first kappa shape index (κ1) is 21.2. The van der Waals surface area contributed by atoms with Crippen LogP contribution >= 0.6 is 0 Å². The number of rotatable bonds is 17. The molecule has 0 fully saturated rings. The number of unbranched alkanes of at least 4 members (excludes halogenated alkanes) is 13. The van der Waals surface area contributed by atoms with E-state index in [1.165, 1.54) is 83.5 Å². The molecule has 0 rings (SSSR count). The number of allylic oxidation sites excluding steroid dienone is 2. The third kappa shape index (κ3) is 19.2. The summed E-state index contributed by atoms with van der Waals surface area (Å²) in [6.45, 7) is 2.27. The third-order valence-electron chi connectivity index (χ3n) is 4.17. The fourth-order valence-corrected chi connectivity index (χ4v) is 2.72. The lowest BCUT2D eigenvalue weighted by Gasteiger charge is -2.02. The molecule has 130 valence electrons. The molecule has 0 aliphatic carbocycles. The van der Waals surface area contributed by atoms with Crippen LogP contribution in [0.25, 0.3) is 0 Å². The van der Waals surface area contributed by atoms with E-state index in [9.17, 15) is 4.79 Å². The van der Waals surface area contributed by atoms with Gasteiger partial charge in [0, 0.05) is 6.42 Å². The monoisotopic (exact) mass is 310 g/mol. The van der Waals surface area contributed by atoms with Crippen LogP contribution in [0.4, 0.5) is 0 Å². The van der Waals surface area contributed by atoms with Crippen LogP contribution < -0.4 is 0 Å². The Morgan fingerprint density at radius 3 is 1.55 bits per heavy atom. The molecule has 0 aromatic rings. The van der Waals surface area contributed by atoms with E-state index >= 15 is 0 Å². The molecule has 0 unspecified atom stereocenters. The highest BCUT2D eigenvalue weighted by atomic mass is 16.4. The SMILES string of the molecule is CCCCCCCCCCCCCCCC=CCCC(=O)O.